The zero-order valence-corrected chi connectivity index (χ0v) is 11.2. The predicted octanol–water partition coefficient (Wildman–Crippen LogP) is 2.73. The van der Waals surface area contributed by atoms with Crippen LogP contribution in [0.25, 0.3) is 0 Å². The van der Waals surface area contributed by atoms with E-state index in [0.717, 1.165) is 12.3 Å². The van der Waals surface area contributed by atoms with Crippen LogP contribution in [0.3, 0.4) is 0 Å². The van der Waals surface area contributed by atoms with Crippen molar-refractivity contribution in [3.63, 3.8) is 0 Å². The molecule has 0 saturated heterocycles. The Hall–Kier alpha value is -1.35. The molecule has 98 valence electrons. The highest BCUT2D eigenvalue weighted by Crippen LogP contribution is 2.20. The van der Waals surface area contributed by atoms with Crippen molar-refractivity contribution in [2.24, 2.45) is 10.8 Å². The molecule has 1 aromatic carbocycles. The van der Waals surface area contributed by atoms with Crippen molar-refractivity contribution in [2.45, 2.75) is 51.5 Å². The van der Waals surface area contributed by atoms with Gasteiger partial charge in [-0.05, 0) is 25.3 Å². The van der Waals surface area contributed by atoms with E-state index in [1.54, 1.807) is 0 Å². The van der Waals surface area contributed by atoms with E-state index in [9.17, 15) is 0 Å². The third kappa shape index (κ3) is 3.84. The molecule has 1 aromatic rings. The molecule has 1 fully saturated rings. The normalized spacial score (nSPS) is 17.8. The van der Waals surface area contributed by atoms with Crippen LogP contribution in [-0.4, -0.2) is 11.9 Å². The Morgan fingerprint density at radius 1 is 1.33 bits per heavy atom. The molecule has 1 saturated carbocycles. The van der Waals surface area contributed by atoms with Gasteiger partial charge in [-0.1, -0.05) is 49.1 Å². The van der Waals surface area contributed by atoms with Gasteiger partial charge in [0.25, 0.3) is 0 Å². The molecule has 0 heterocycles. The van der Waals surface area contributed by atoms with Crippen molar-refractivity contribution in [2.75, 3.05) is 0 Å². The van der Waals surface area contributed by atoms with Gasteiger partial charge in [0.2, 0.25) is 0 Å². The van der Waals surface area contributed by atoms with Gasteiger partial charge in [0, 0.05) is 6.42 Å². The zero-order valence-electron chi connectivity index (χ0n) is 11.2. The lowest BCUT2D eigenvalue weighted by Gasteiger charge is -2.19. The third-order valence-electron chi connectivity index (χ3n) is 3.53. The van der Waals surface area contributed by atoms with Crippen LogP contribution in [0.15, 0.2) is 29.3 Å². The second-order valence-corrected chi connectivity index (χ2v) is 5.18. The Labute approximate surface area is 109 Å². The second-order valence-electron chi connectivity index (χ2n) is 5.18. The molecule has 3 heteroatoms. The minimum atomic E-state index is 0.467. The highest BCUT2D eigenvalue weighted by molar-refractivity contribution is 5.84. The van der Waals surface area contributed by atoms with Gasteiger partial charge >= 0.3 is 0 Å². The summed E-state index contributed by atoms with van der Waals surface area (Å²) in [6.07, 6.45) is 7.18. The average molecular weight is 245 g/mol. The van der Waals surface area contributed by atoms with Gasteiger partial charge in [-0.15, -0.1) is 0 Å². The summed E-state index contributed by atoms with van der Waals surface area (Å²) in [6, 6.07) is 8.97. The summed E-state index contributed by atoms with van der Waals surface area (Å²) in [5, 5.41) is 0. The summed E-state index contributed by atoms with van der Waals surface area (Å²) in [5.74, 6) is 6.50. The monoisotopic (exact) mass is 245 g/mol. The fourth-order valence-electron chi connectivity index (χ4n) is 2.58. The van der Waals surface area contributed by atoms with E-state index in [1.165, 1.54) is 43.2 Å². The first-order valence-corrected chi connectivity index (χ1v) is 6.87. The number of rotatable bonds is 3. The Balaban J connectivity index is 2.01. The van der Waals surface area contributed by atoms with E-state index >= 15 is 0 Å². The maximum absolute atomic E-state index is 5.60. The highest BCUT2D eigenvalue weighted by Gasteiger charge is 2.13. The number of nitrogens with zero attached hydrogens (tertiary/aromatic N) is 1. The molecule has 0 aliphatic heterocycles. The highest BCUT2D eigenvalue weighted by atomic mass is 15.3. The lowest BCUT2D eigenvalue weighted by molar-refractivity contribution is 0.442. The lowest BCUT2D eigenvalue weighted by Crippen LogP contribution is -2.33. The van der Waals surface area contributed by atoms with Crippen molar-refractivity contribution >= 4 is 5.84 Å². The molecule has 0 unspecified atom stereocenters. The molecule has 2 rings (SSSR count). The van der Waals surface area contributed by atoms with Crippen LogP contribution in [0.5, 0.6) is 0 Å². The number of hydrogen-bond donors (Lipinski definition) is 2. The van der Waals surface area contributed by atoms with Crippen LogP contribution in [0.1, 0.15) is 43.2 Å². The molecule has 1 aliphatic carbocycles. The van der Waals surface area contributed by atoms with Crippen LogP contribution in [0.4, 0.5) is 0 Å². The molecule has 18 heavy (non-hydrogen) atoms. The summed E-state index contributed by atoms with van der Waals surface area (Å²) < 4.78 is 0. The van der Waals surface area contributed by atoms with Gasteiger partial charge in [-0.3, -0.25) is 4.99 Å². The smallest absolute Gasteiger partial charge is 0.115 e. The van der Waals surface area contributed by atoms with E-state index in [2.05, 4.69) is 36.6 Å². The Bertz CT molecular complexity index is 406. The third-order valence-corrected chi connectivity index (χ3v) is 3.53. The first-order chi connectivity index (χ1) is 8.78. The lowest BCUT2D eigenvalue weighted by atomic mass is 9.96. The summed E-state index contributed by atoms with van der Waals surface area (Å²) in [7, 11) is 0. The summed E-state index contributed by atoms with van der Waals surface area (Å²) in [4.78, 5) is 4.76. The van der Waals surface area contributed by atoms with E-state index in [4.69, 9.17) is 10.8 Å². The Kier molecular flexibility index (Phi) is 4.76. The molecule has 0 amide bonds. The van der Waals surface area contributed by atoms with E-state index in [1.807, 2.05) is 0 Å². The second kappa shape index (κ2) is 6.55. The number of hydrazine groups is 1. The fraction of sp³-hybridized carbons (Fsp3) is 0.533. The quantitative estimate of drug-likeness (QED) is 0.372. The van der Waals surface area contributed by atoms with Crippen molar-refractivity contribution in [1.29, 1.82) is 0 Å². The zero-order chi connectivity index (χ0) is 12.8. The summed E-state index contributed by atoms with van der Waals surface area (Å²) in [6.45, 7) is 2.11. The number of hydrogen-bond acceptors (Lipinski definition) is 2. The van der Waals surface area contributed by atoms with Gasteiger partial charge in [-0.2, -0.15) is 0 Å². The molecule has 3 N–H and O–H groups in total. The van der Waals surface area contributed by atoms with Crippen LogP contribution in [0, 0.1) is 6.92 Å². The predicted molar refractivity (Wildman–Crippen MR) is 76.5 cm³/mol. The number of amidine groups is 1. The molecule has 0 aromatic heterocycles. The van der Waals surface area contributed by atoms with Crippen molar-refractivity contribution in [3.05, 3.63) is 35.4 Å². The molecular formula is C15H23N3. The number of aryl methyl sites for hydroxylation is 1. The van der Waals surface area contributed by atoms with Crippen molar-refractivity contribution in [3.8, 4) is 0 Å². The molecule has 0 radical (unpaired) electrons. The Morgan fingerprint density at radius 2 is 2.11 bits per heavy atom. The van der Waals surface area contributed by atoms with Crippen molar-refractivity contribution < 1.29 is 0 Å². The van der Waals surface area contributed by atoms with Crippen LogP contribution in [0.2, 0.25) is 0 Å². The summed E-state index contributed by atoms with van der Waals surface area (Å²) >= 11 is 0. The van der Waals surface area contributed by atoms with Crippen LogP contribution < -0.4 is 11.3 Å². The maximum Gasteiger partial charge on any atom is 0.115 e. The minimum absolute atomic E-state index is 0.467. The maximum atomic E-state index is 5.60. The van der Waals surface area contributed by atoms with Gasteiger partial charge in [0.15, 0.2) is 0 Å². The molecule has 0 spiro atoms. The minimum Gasteiger partial charge on any atom is -0.312 e. The molecular weight excluding hydrogens is 222 g/mol. The molecule has 1 aliphatic rings. The topological polar surface area (TPSA) is 50.4 Å². The van der Waals surface area contributed by atoms with E-state index < -0.39 is 0 Å². The Morgan fingerprint density at radius 3 is 2.78 bits per heavy atom. The first-order valence-electron chi connectivity index (χ1n) is 6.87. The fourth-order valence-corrected chi connectivity index (χ4v) is 2.58. The van der Waals surface area contributed by atoms with E-state index in [-0.39, 0.29) is 0 Å². The van der Waals surface area contributed by atoms with Crippen LogP contribution in [-0.2, 0) is 6.42 Å². The SMILES string of the molecule is Cc1cccc(CC(=NC2CCCCC2)NN)c1. The van der Waals surface area contributed by atoms with Gasteiger partial charge in [-0.25, -0.2) is 5.84 Å². The van der Waals surface area contributed by atoms with Crippen LogP contribution >= 0.6 is 0 Å². The number of aliphatic imine (C=N–C) groups is 1. The summed E-state index contributed by atoms with van der Waals surface area (Å²) in [5.41, 5.74) is 5.31. The van der Waals surface area contributed by atoms with Gasteiger partial charge < -0.3 is 5.43 Å². The number of nitrogens with one attached hydrogen (secondary N) is 1. The first kappa shape index (κ1) is 13.1. The number of benzene rings is 1. The number of nitrogens with two attached hydrogens (primary N) is 1. The van der Waals surface area contributed by atoms with Gasteiger partial charge in [0.1, 0.15) is 5.84 Å². The van der Waals surface area contributed by atoms with E-state index in [0.29, 0.717) is 6.04 Å². The molecule has 3 nitrogen and oxygen atoms in total. The molecule has 0 bridgehead atoms. The average Bonchev–Trinajstić information content (AvgIpc) is 2.39. The van der Waals surface area contributed by atoms with Gasteiger partial charge in [0.05, 0.1) is 6.04 Å². The molecule has 0 atom stereocenters. The van der Waals surface area contributed by atoms with Crippen molar-refractivity contribution in [1.82, 2.24) is 5.43 Å². The largest absolute Gasteiger partial charge is 0.312 e. The standard InChI is InChI=1S/C15H23N3/c1-12-6-5-7-13(10-12)11-15(18-16)17-14-8-3-2-4-9-14/h5-7,10,14H,2-4,8-9,11,16H2,1H3,(H,17,18).